The smallest absolute Gasteiger partial charge is 0.128 e. The van der Waals surface area contributed by atoms with Gasteiger partial charge in [-0.2, -0.15) is 0 Å². The van der Waals surface area contributed by atoms with Crippen molar-refractivity contribution in [2.24, 2.45) is 5.16 Å². The molecule has 1 heterocycles. The van der Waals surface area contributed by atoms with Crippen LogP contribution in [0, 0.1) is 5.82 Å². The van der Waals surface area contributed by atoms with Gasteiger partial charge >= 0.3 is 0 Å². The summed E-state index contributed by atoms with van der Waals surface area (Å²) in [5.41, 5.74) is 2.22. The molecular weight excluding hydrogens is 315 g/mol. The second kappa shape index (κ2) is 7.11. The van der Waals surface area contributed by atoms with E-state index in [9.17, 15) is 9.60 Å². The SMILES string of the molecule is ON=C(c1ccc(Cl)cc1)c1ccc(CN2CCCC2)c(F)c1. The molecule has 23 heavy (non-hydrogen) atoms. The van der Waals surface area contributed by atoms with Gasteiger partial charge in [0.2, 0.25) is 0 Å². The van der Waals surface area contributed by atoms with Crippen molar-refractivity contribution in [3.05, 3.63) is 70.0 Å². The molecule has 120 valence electrons. The van der Waals surface area contributed by atoms with Gasteiger partial charge in [0.05, 0.1) is 0 Å². The van der Waals surface area contributed by atoms with Crippen LogP contribution in [-0.2, 0) is 6.54 Å². The van der Waals surface area contributed by atoms with Crippen molar-refractivity contribution in [2.45, 2.75) is 19.4 Å². The topological polar surface area (TPSA) is 35.8 Å². The number of rotatable bonds is 4. The summed E-state index contributed by atoms with van der Waals surface area (Å²) in [5, 5.41) is 13.2. The Kier molecular flexibility index (Phi) is 4.94. The van der Waals surface area contributed by atoms with Crippen molar-refractivity contribution in [2.75, 3.05) is 13.1 Å². The normalized spacial score (nSPS) is 16.0. The van der Waals surface area contributed by atoms with Gasteiger partial charge in [-0.1, -0.05) is 41.0 Å². The van der Waals surface area contributed by atoms with Crippen molar-refractivity contribution >= 4 is 17.3 Å². The van der Waals surface area contributed by atoms with Crippen LogP contribution < -0.4 is 0 Å². The molecule has 1 fully saturated rings. The van der Waals surface area contributed by atoms with Gasteiger partial charge in [0.15, 0.2) is 0 Å². The fraction of sp³-hybridized carbons (Fsp3) is 0.278. The molecule has 0 bridgehead atoms. The fourth-order valence-electron chi connectivity index (χ4n) is 2.89. The van der Waals surface area contributed by atoms with Crippen LogP contribution in [0.2, 0.25) is 5.02 Å². The van der Waals surface area contributed by atoms with E-state index in [1.807, 2.05) is 0 Å². The van der Waals surface area contributed by atoms with Gasteiger partial charge in [0.1, 0.15) is 11.5 Å². The minimum atomic E-state index is -0.274. The molecule has 0 aromatic heterocycles. The summed E-state index contributed by atoms with van der Waals surface area (Å²) in [4.78, 5) is 2.25. The third kappa shape index (κ3) is 3.71. The van der Waals surface area contributed by atoms with E-state index in [1.54, 1.807) is 36.4 Å². The summed E-state index contributed by atoms with van der Waals surface area (Å²) < 4.78 is 14.4. The summed E-state index contributed by atoms with van der Waals surface area (Å²) in [6.45, 7) is 2.67. The Balaban J connectivity index is 1.84. The number of benzene rings is 2. The second-order valence-electron chi connectivity index (χ2n) is 5.74. The Hall–Kier alpha value is -1.91. The molecule has 0 radical (unpaired) electrons. The van der Waals surface area contributed by atoms with Crippen LogP contribution >= 0.6 is 11.6 Å². The first-order chi connectivity index (χ1) is 11.2. The van der Waals surface area contributed by atoms with Gasteiger partial charge in [0.25, 0.3) is 0 Å². The van der Waals surface area contributed by atoms with Crippen molar-refractivity contribution in [1.82, 2.24) is 4.90 Å². The van der Waals surface area contributed by atoms with E-state index in [-0.39, 0.29) is 5.82 Å². The Labute approximate surface area is 140 Å². The molecule has 0 amide bonds. The molecule has 1 N–H and O–H groups in total. The van der Waals surface area contributed by atoms with E-state index in [0.29, 0.717) is 34.0 Å². The van der Waals surface area contributed by atoms with E-state index in [2.05, 4.69) is 10.1 Å². The van der Waals surface area contributed by atoms with Crippen LogP contribution in [0.4, 0.5) is 4.39 Å². The first-order valence-electron chi connectivity index (χ1n) is 7.66. The molecule has 5 heteroatoms. The lowest BCUT2D eigenvalue weighted by Crippen LogP contribution is -2.19. The van der Waals surface area contributed by atoms with E-state index in [1.165, 1.54) is 18.9 Å². The van der Waals surface area contributed by atoms with Gasteiger partial charge in [-0.25, -0.2) is 4.39 Å². The zero-order chi connectivity index (χ0) is 16.2. The third-order valence-electron chi connectivity index (χ3n) is 4.14. The Morgan fingerprint density at radius 2 is 1.74 bits per heavy atom. The Morgan fingerprint density at radius 3 is 2.35 bits per heavy atom. The highest BCUT2D eigenvalue weighted by Crippen LogP contribution is 2.19. The van der Waals surface area contributed by atoms with Gasteiger partial charge in [-0.3, -0.25) is 4.90 Å². The van der Waals surface area contributed by atoms with E-state index < -0.39 is 0 Å². The number of nitrogens with zero attached hydrogens (tertiary/aromatic N) is 2. The highest BCUT2D eigenvalue weighted by atomic mass is 35.5. The zero-order valence-electron chi connectivity index (χ0n) is 12.7. The predicted octanol–water partition coefficient (Wildman–Crippen LogP) is 4.30. The maximum atomic E-state index is 14.4. The molecule has 2 aromatic carbocycles. The quantitative estimate of drug-likeness (QED) is 0.514. The maximum absolute atomic E-state index is 14.4. The number of hydrogen-bond acceptors (Lipinski definition) is 3. The average Bonchev–Trinajstić information content (AvgIpc) is 3.05. The zero-order valence-corrected chi connectivity index (χ0v) is 13.4. The molecule has 0 saturated carbocycles. The first-order valence-corrected chi connectivity index (χ1v) is 8.04. The Morgan fingerprint density at radius 1 is 1.09 bits per heavy atom. The summed E-state index contributed by atoms with van der Waals surface area (Å²) in [6.07, 6.45) is 2.36. The van der Waals surface area contributed by atoms with Crippen LogP contribution in [0.1, 0.15) is 29.5 Å². The monoisotopic (exact) mass is 332 g/mol. The number of likely N-dealkylation sites (tertiary alicyclic amines) is 1. The van der Waals surface area contributed by atoms with Crippen LogP contribution in [0.3, 0.4) is 0 Å². The first kappa shape index (κ1) is 16.0. The van der Waals surface area contributed by atoms with Crippen molar-refractivity contribution in [3.8, 4) is 0 Å². The van der Waals surface area contributed by atoms with Gasteiger partial charge in [-0.15, -0.1) is 0 Å². The van der Waals surface area contributed by atoms with Gasteiger partial charge in [-0.05, 0) is 44.1 Å². The Bertz CT molecular complexity index is 709. The third-order valence-corrected chi connectivity index (χ3v) is 4.39. The van der Waals surface area contributed by atoms with Crippen molar-refractivity contribution in [3.63, 3.8) is 0 Å². The number of halogens is 2. The summed E-state index contributed by atoms with van der Waals surface area (Å²) in [5.74, 6) is -0.274. The molecule has 0 aliphatic carbocycles. The lowest BCUT2D eigenvalue weighted by Gasteiger charge is -2.15. The maximum Gasteiger partial charge on any atom is 0.128 e. The predicted molar refractivity (Wildman–Crippen MR) is 89.8 cm³/mol. The number of oxime groups is 1. The highest BCUT2D eigenvalue weighted by molar-refractivity contribution is 6.30. The molecule has 3 rings (SSSR count). The molecule has 1 saturated heterocycles. The molecule has 0 unspecified atom stereocenters. The molecule has 3 nitrogen and oxygen atoms in total. The lowest BCUT2D eigenvalue weighted by molar-refractivity contribution is 0.319. The van der Waals surface area contributed by atoms with Crippen LogP contribution in [0.15, 0.2) is 47.6 Å². The van der Waals surface area contributed by atoms with E-state index in [0.717, 1.165) is 13.1 Å². The van der Waals surface area contributed by atoms with Crippen molar-refractivity contribution < 1.29 is 9.60 Å². The number of hydrogen-bond donors (Lipinski definition) is 1. The lowest BCUT2D eigenvalue weighted by atomic mass is 10.0. The highest BCUT2D eigenvalue weighted by Gasteiger charge is 2.16. The standard InChI is InChI=1S/C18H18ClFN2O/c19-16-7-5-13(6-8-16)18(21-23)14-3-4-15(17(20)11-14)12-22-9-1-2-10-22/h3-8,11,23H,1-2,9-10,12H2. The minimum absolute atomic E-state index is 0.274. The van der Waals surface area contributed by atoms with Gasteiger partial charge < -0.3 is 5.21 Å². The molecular formula is C18H18ClFN2O. The summed E-state index contributed by atoms with van der Waals surface area (Å²) in [7, 11) is 0. The minimum Gasteiger partial charge on any atom is -0.410 e. The molecule has 1 aliphatic heterocycles. The summed E-state index contributed by atoms with van der Waals surface area (Å²) >= 11 is 5.87. The van der Waals surface area contributed by atoms with Crippen molar-refractivity contribution in [1.29, 1.82) is 0 Å². The van der Waals surface area contributed by atoms with Crippen LogP contribution in [0.5, 0.6) is 0 Å². The van der Waals surface area contributed by atoms with Crippen LogP contribution in [-0.4, -0.2) is 28.9 Å². The largest absolute Gasteiger partial charge is 0.410 e. The van der Waals surface area contributed by atoms with Crippen LogP contribution in [0.25, 0.3) is 0 Å². The molecule has 0 spiro atoms. The summed E-state index contributed by atoms with van der Waals surface area (Å²) in [6, 6.07) is 11.9. The molecule has 0 atom stereocenters. The fourth-order valence-corrected chi connectivity index (χ4v) is 3.02. The molecule has 2 aromatic rings. The average molecular weight is 333 g/mol. The van der Waals surface area contributed by atoms with E-state index >= 15 is 0 Å². The molecule has 1 aliphatic rings. The van der Waals surface area contributed by atoms with E-state index in [4.69, 9.17) is 11.6 Å². The second-order valence-corrected chi connectivity index (χ2v) is 6.18. The van der Waals surface area contributed by atoms with Gasteiger partial charge in [0, 0.05) is 28.3 Å².